The number of fused-ring (bicyclic) bond motifs is 4. The van der Waals surface area contributed by atoms with Gasteiger partial charge in [0, 0.05) is 33.2 Å². The highest BCUT2D eigenvalue weighted by Crippen LogP contribution is 2.55. The molecule has 7 heteroatoms. The van der Waals surface area contributed by atoms with E-state index in [9.17, 15) is 4.79 Å². The minimum Gasteiger partial charge on any atom is -0.490 e. The van der Waals surface area contributed by atoms with Crippen molar-refractivity contribution in [1.29, 1.82) is 0 Å². The van der Waals surface area contributed by atoms with Crippen LogP contribution in [0.1, 0.15) is 44.6 Å². The molecule has 2 saturated carbocycles. The van der Waals surface area contributed by atoms with Crippen molar-refractivity contribution in [3.8, 4) is 5.75 Å². The number of nitrogens with two attached hydrogens (primary N) is 1. The standard InChI is InChI=1S/C20H24BrN3O2S/c1-19(6-7-19)17(25)23-12-3-5-16-14(9-12)20(10-27-18(22)24-20)13-8-11(21)2-4-15(13)26-16/h2,4,8,12,14,16H,3,5-7,9-10H2,1H3,(H2,22,24)(H,23,25)/t12-,14-,16-,20?/m0/s1. The number of amidine groups is 1. The molecule has 3 N–H and O–H groups in total. The van der Waals surface area contributed by atoms with Crippen molar-refractivity contribution in [2.75, 3.05) is 5.75 Å². The zero-order valence-electron chi connectivity index (χ0n) is 15.3. The molecule has 1 aromatic rings. The maximum Gasteiger partial charge on any atom is 0.226 e. The molecular weight excluding hydrogens is 426 g/mol. The van der Waals surface area contributed by atoms with E-state index in [0.717, 1.165) is 53.6 Å². The lowest BCUT2D eigenvalue weighted by atomic mass is 9.67. The van der Waals surface area contributed by atoms with Gasteiger partial charge >= 0.3 is 0 Å². The number of aliphatic imine (C=N–C) groups is 1. The average Bonchev–Trinajstić information content (AvgIpc) is 3.28. The molecule has 1 amide bonds. The lowest BCUT2D eigenvalue weighted by molar-refractivity contribution is -0.127. The second-order valence-electron chi connectivity index (χ2n) is 8.61. The van der Waals surface area contributed by atoms with E-state index in [2.05, 4.69) is 34.2 Å². The quantitative estimate of drug-likeness (QED) is 0.723. The normalized spacial score (nSPS) is 35.6. The zero-order valence-corrected chi connectivity index (χ0v) is 17.7. The maximum absolute atomic E-state index is 12.6. The summed E-state index contributed by atoms with van der Waals surface area (Å²) in [5.74, 6) is 2.19. The average molecular weight is 450 g/mol. The largest absolute Gasteiger partial charge is 0.490 e. The van der Waals surface area contributed by atoms with E-state index in [-0.39, 0.29) is 34.9 Å². The third-order valence-corrected chi connectivity index (χ3v) is 8.18. The summed E-state index contributed by atoms with van der Waals surface area (Å²) in [6, 6.07) is 6.37. The Hall–Kier alpha value is -1.21. The Balaban J connectivity index is 1.47. The number of carbonyl (C=O) groups is 1. The molecule has 0 radical (unpaired) electrons. The van der Waals surface area contributed by atoms with Gasteiger partial charge in [0.25, 0.3) is 0 Å². The number of thioether (sulfide) groups is 1. The van der Waals surface area contributed by atoms with E-state index in [4.69, 9.17) is 15.5 Å². The highest BCUT2D eigenvalue weighted by Gasteiger charge is 2.55. The van der Waals surface area contributed by atoms with Crippen LogP contribution in [0.15, 0.2) is 27.7 Å². The molecule has 5 rings (SSSR count). The molecule has 1 spiro atoms. The van der Waals surface area contributed by atoms with Gasteiger partial charge in [-0.25, -0.2) is 4.99 Å². The smallest absolute Gasteiger partial charge is 0.226 e. The molecule has 1 unspecified atom stereocenters. The van der Waals surface area contributed by atoms with Crippen LogP contribution in [-0.2, 0) is 10.3 Å². The van der Waals surface area contributed by atoms with Crippen molar-refractivity contribution in [2.45, 2.75) is 56.7 Å². The molecule has 0 aromatic heterocycles. The summed E-state index contributed by atoms with van der Waals surface area (Å²) in [7, 11) is 0. The van der Waals surface area contributed by atoms with Gasteiger partial charge in [-0.1, -0.05) is 34.6 Å². The fraction of sp³-hybridized carbons (Fsp3) is 0.600. The Morgan fingerprint density at radius 3 is 2.93 bits per heavy atom. The van der Waals surface area contributed by atoms with E-state index in [1.807, 2.05) is 12.1 Å². The van der Waals surface area contributed by atoms with Crippen LogP contribution < -0.4 is 15.8 Å². The predicted molar refractivity (Wildman–Crippen MR) is 111 cm³/mol. The van der Waals surface area contributed by atoms with Crippen LogP contribution in [0.4, 0.5) is 0 Å². The van der Waals surface area contributed by atoms with Crippen molar-refractivity contribution < 1.29 is 9.53 Å². The monoisotopic (exact) mass is 449 g/mol. The van der Waals surface area contributed by atoms with Gasteiger partial charge in [0.15, 0.2) is 5.17 Å². The third-order valence-electron chi connectivity index (χ3n) is 6.72. The van der Waals surface area contributed by atoms with Gasteiger partial charge in [0.2, 0.25) is 5.91 Å². The molecule has 2 aliphatic heterocycles. The molecular formula is C20H24BrN3O2S. The van der Waals surface area contributed by atoms with E-state index >= 15 is 0 Å². The molecule has 4 atom stereocenters. The first-order chi connectivity index (χ1) is 12.9. The van der Waals surface area contributed by atoms with Gasteiger partial charge in [-0.15, -0.1) is 0 Å². The number of halogens is 1. The molecule has 27 heavy (non-hydrogen) atoms. The summed E-state index contributed by atoms with van der Waals surface area (Å²) in [6.07, 6.45) is 4.91. The number of carbonyl (C=O) groups excluding carboxylic acids is 1. The second kappa shape index (κ2) is 6.14. The fourth-order valence-corrected chi connectivity index (χ4v) is 6.16. The predicted octanol–water partition coefficient (Wildman–Crippen LogP) is 3.55. The molecule has 2 heterocycles. The Morgan fingerprint density at radius 2 is 2.22 bits per heavy atom. The van der Waals surface area contributed by atoms with E-state index in [1.165, 1.54) is 0 Å². The summed E-state index contributed by atoms with van der Waals surface area (Å²) in [6.45, 7) is 2.06. The van der Waals surface area contributed by atoms with E-state index < -0.39 is 0 Å². The van der Waals surface area contributed by atoms with Gasteiger partial charge in [0.1, 0.15) is 17.4 Å². The van der Waals surface area contributed by atoms with Gasteiger partial charge in [-0.3, -0.25) is 4.79 Å². The number of nitrogens with zero attached hydrogens (tertiary/aromatic N) is 1. The maximum atomic E-state index is 12.6. The van der Waals surface area contributed by atoms with Crippen LogP contribution in [0, 0.1) is 11.3 Å². The highest BCUT2D eigenvalue weighted by atomic mass is 79.9. The lowest BCUT2D eigenvalue weighted by Gasteiger charge is -2.48. The summed E-state index contributed by atoms with van der Waals surface area (Å²) < 4.78 is 7.42. The number of amides is 1. The zero-order chi connectivity index (χ0) is 18.8. The van der Waals surface area contributed by atoms with Crippen LogP contribution in [0.5, 0.6) is 5.75 Å². The van der Waals surface area contributed by atoms with Gasteiger partial charge in [0.05, 0.1) is 0 Å². The molecule has 5 nitrogen and oxygen atoms in total. The van der Waals surface area contributed by atoms with Gasteiger partial charge in [-0.05, 0) is 50.3 Å². The Labute approximate surface area is 172 Å². The number of hydrogen-bond donors (Lipinski definition) is 2. The van der Waals surface area contributed by atoms with Crippen molar-refractivity contribution in [1.82, 2.24) is 5.32 Å². The molecule has 1 aromatic carbocycles. The Bertz CT molecular complexity index is 841. The van der Waals surface area contributed by atoms with Crippen LogP contribution in [0.25, 0.3) is 0 Å². The Kier molecular flexibility index (Phi) is 4.06. The van der Waals surface area contributed by atoms with E-state index in [1.54, 1.807) is 11.8 Å². The fourth-order valence-electron chi connectivity index (χ4n) is 4.77. The number of benzene rings is 1. The van der Waals surface area contributed by atoms with E-state index in [0.29, 0.717) is 5.17 Å². The summed E-state index contributed by atoms with van der Waals surface area (Å²) in [4.78, 5) is 17.5. The molecule has 0 bridgehead atoms. The summed E-state index contributed by atoms with van der Waals surface area (Å²) in [5, 5.41) is 3.97. The SMILES string of the molecule is CC1(C(=O)N[C@H]2CC[C@@H]3Oc4ccc(Br)cc4C4(CSC(N)=N4)[C@H]3C2)CC1. The first kappa shape index (κ1) is 17.9. The van der Waals surface area contributed by atoms with Crippen LogP contribution in [-0.4, -0.2) is 29.0 Å². The lowest BCUT2D eigenvalue weighted by Crippen LogP contribution is -2.54. The second-order valence-corrected chi connectivity index (χ2v) is 10.5. The van der Waals surface area contributed by atoms with Gasteiger partial charge in [-0.2, -0.15) is 0 Å². The molecule has 2 fully saturated rings. The minimum absolute atomic E-state index is 0.124. The number of ether oxygens (including phenoxy) is 1. The Morgan fingerprint density at radius 1 is 1.41 bits per heavy atom. The van der Waals surface area contributed by atoms with Gasteiger partial charge < -0.3 is 15.8 Å². The first-order valence-corrected chi connectivity index (χ1v) is 11.4. The van der Waals surface area contributed by atoms with Crippen molar-refractivity contribution in [2.24, 2.45) is 22.1 Å². The minimum atomic E-state index is -0.357. The van der Waals surface area contributed by atoms with Crippen LogP contribution in [0.3, 0.4) is 0 Å². The van der Waals surface area contributed by atoms with Crippen LogP contribution in [0.2, 0.25) is 0 Å². The molecule has 0 saturated heterocycles. The van der Waals surface area contributed by atoms with Crippen molar-refractivity contribution in [3.05, 3.63) is 28.2 Å². The molecule has 144 valence electrons. The number of rotatable bonds is 2. The molecule has 2 aliphatic carbocycles. The third kappa shape index (κ3) is 2.89. The van der Waals surface area contributed by atoms with Crippen molar-refractivity contribution in [3.63, 3.8) is 0 Å². The van der Waals surface area contributed by atoms with Crippen molar-refractivity contribution >= 4 is 38.8 Å². The topological polar surface area (TPSA) is 76.7 Å². The number of hydrogen-bond acceptors (Lipinski definition) is 5. The molecule has 4 aliphatic rings. The number of nitrogens with one attached hydrogen (secondary N) is 1. The highest BCUT2D eigenvalue weighted by molar-refractivity contribution is 9.10. The summed E-state index contributed by atoms with van der Waals surface area (Å²) in [5.41, 5.74) is 6.75. The summed E-state index contributed by atoms with van der Waals surface area (Å²) >= 11 is 5.23. The first-order valence-electron chi connectivity index (χ1n) is 9.65. The van der Waals surface area contributed by atoms with Crippen LogP contribution >= 0.6 is 27.7 Å².